The normalized spacial score (nSPS) is 10.7. The molecule has 2 nitrogen and oxygen atoms in total. The second-order valence-electron chi connectivity index (χ2n) is 5.89. The van der Waals surface area contributed by atoms with Gasteiger partial charge in [-0.15, -0.1) is 11.3 Å². The van der Waals surface area contributed by atoms with Crippen molar-refractivity contribution >= 4 is 31.5 Å². The van der Waals surface area contributed by atoms with Crippen molar-refractivity contribution in [2.24, 2.45) is 0 Å². The molecule has 0 amide bonds. The maximum absolute atomic E-state index is 5.95. The minimum atomic E-state index is 0.778. The molecule has 3 heteroatoms. The van der Waals surface area contributed by atoms with Crippen molar-refractivity contribution in [2.45, 2.75) is 40.5 Å². The number of unbranched alkanes of at least 4 members (excludes halogenated alkanes) is 1. The first kappa shape index (κ1) is 16.7. The summed E-state index contributed by atoms with van der Waals surface area (Å²) in [6, 6.07) is 8.41. The summed E-state index contributed by atoms with van der Waals surface area (Å²) in [7, 11) is 0. The number of ether oxygens (including phenoxy) is 2. The average molecular weight is 338 g/mol. The van der Waals surface area contributed by atoms with Gasteiger partial charge < -0.3 is 9.47 Å². The summed E-state index contributed by atoms with van der Waals surface area (Å²) in [6.45, 7) is 8.97. The van der Waals surface area contributed by atoms with E-state index in [1.165, 1.54) is 25.7 Å². The van der Waals surface area contributed by atoms with Crippen molar-refractivity contribution in [2.75, 3.05) is 6.61 Å². The lowest BCUT2D eigenvalue weighted by molar-refractivity contribution is 0.308. The Kier molecular flexibility index (Phi) is 4.97. The van der Waals surface area contributed by atoms with E-state index >= 15 is 0 Å². The molecule has 0 aliphatic rings. The average Bonchev–Trinajstić information content (AvgIpc) is 2.97. The third-order valence-electron chi connectivity index (χ3n) is 4.23. The summed E-state index contributed by atoms with van der Waals surface area (Å²) in [5.41, 5.74) is 2.37. The van der Waals surface area contributed by atoms with Crippen molar-refractivity contribution in [3.63, 3.8) is 0 Å². The molecule has 0 radical (unpaired) electrons. The SMILES string of the molecule is CC#COc1ccc2c(sc3c(C)c(OCCCC)ccc32)c1C. The van der Waals surface area contributed by atoms with Crippen LogP contribution in [0.15, 0.2) is 24.3 Å². The van der Waals surface area contributed by atoms with Crippen LogP contribution in [0.25, 0.3) is 20.2 Å². The molecule has 0 saturated carbocycles. The zero-order valence-corrected chi connectivity index (χ0v) is 15.5. The van der Waals surface area contributed by atoms with E-state index in [1.807, 2.05) is 17.4 Å². The molecule has 1 heterocycles. The molecule has 1 aromatic heterocycles. The predicted molar refractivity (Wildman–Crippen MR) is 103 cm³/mol. The van der Waals surface area contributed by atoms with Gasteiger partial charge in [0, 0.05) is 38.2 Å². The molecule has 0 aliphatic heterocycles. The van der Waals surface area contributed by atoms with Gasteiger partial charge in [-0.05, 0) is 44.5 Å². The number of rotatable bonds is 5. The molecule has 0 spiro atoms. The molecule has 0 aliphatic carbocycles. The van der Waals surface area contributed by atoms with Gasteiger partial charge in [-0.25, -0.2) is 0 Å². The minimum Gasteiger partial charge on any atom is -0.493 e. The zero-order chi connectivity index (χ0) is 17.1. The molecule has 0 unspecified atom stereocenters. The maximum Gasteiger partial charge on any atom is 0.144 e. The fourth-order valence-electron chi connectivity index (χ4n) is 2.84. The molecule has 3 rings (SSSR count). The van der Waals surface area contributed by atoms with E-state index in [2.05, 4.69) is 51.0 Å². The highest BCUT2D eigenvalue weighted by Gasteiger charge is 2.14. The molecule has 24 heavy (non-hydrogen) atoms. The third kappa shape index (κ3) is 2.95. The van der Waals surface area contributed by atoms with E-state index in [1.54, 1.807) is 6.92 Å². The Morgan fingerprint density at radius 2 is 1.58 bits per heavy atom. The number of fused-ring (bicyclic) bond motifs is 3. The van der Waals surface area contributed by atoms with E-state index in [4.69, 9.17) is 9.47 Å². The Morgan fingerprint density at radius 1 is 0.958 bits per heavy atom. The van der Waals surface area contributed by atoms with Crippen molar-refractivity contribution in [3.05, 3.63) is 35.4 Å². The summed E-state index contributed by atoms with van der Waals surface area (Å²) < 4.78 is 14.0. The summed E-state index contributed by atoms with van der Waals surface area (Å²) in [5.74, 6) is 4.60. The molecule has 2 aromatic carbocycles. The van der Waals surface area contributed by atoms with Gasteiger partial charge in [0.05, 0.1) is 6.61 Å². The topological polar surface area (TPSA) is 18.5 Å². The van der Waals surface area contributed by atoms with Crippen LogP contribution in [0.3, 0.4) is 0 Å². The van der Waals surface area contributed by atoms with Gasteiger partial charge in [-0.1, -0.05) is 19.3 Å². The van der Waals surface area contributed by atoms with Gasteiger partial charge >= 0.3 is 0 Å². The zero-order valence-electron chi connectivity index (χ0n) is 14.7. The monoisotopic (exact) mass is 338 g/mol. The van der Waals surface area contributed by atoms with Gasteiger partial charge in [-0.2, -0.15) is 0 Å². The highest BCUT2D eigenvalue weighted by molar-refractivity contribution is 7.26. The largest absolute Gasteiger partial charge is 0.493 e. The lowest BCUT2D eigenvalue weighted by Gasteiger charge is -2.09. The molecule has 0 bridgehead atoms. The molecule has 0 saturated heterocycles. The van der Waals surface area contributed by atoms with E-state index in [0.717, 1.165) is 36.5 Å². The van der Waals surface area contributed by atoms with E-state index in [0.29, 0.717) is 0 Å². The van der Waals surface area contributed by atoms with Gasteiger partial charge in [0.15, 0.2) is 0 Å². The summed E-state index contributed by atoms with van der Waals surface area (Å²) in [5, 5.41) is 2.55. The first-order chi connectivity index (χ1) is 11.7. The Balaban J connectivity index is 2.10. The Bertz CT molecular complexity index is 941. The second-order valence-corrected chi connectivity index (χ2v) is 6.91. The first-order valence-electron chi connectivity index (χ1n) is 8.34. The third-order valence-corrected chi connectivity index (χ3v) is 5.69. The fraction of sp³-hybridized carbons (Fsp3) is 0.333. The van der Waals surface area contributed by atoms with Crippen LogP contribution in [-0.2, 0) is 0 Å². The number of thiophene rings is 1. The molecule has 0 fully saturated rings. The molecular weight excluding hydrogens is 316 g/mol. The van der Waals surface area contributed by atoms with Gasteiger partial charge in [0.2, 0.25) is 0 Å². The van der Waals surface area contributed by atoms with Crippen molar-refractivity contribution in [1.82, 2.24) is 0 Å². The van der Waals surface area contributed by atoms with Crippen LogP contribution >= 0.6 is 11.3 Å². The van der Waals surface area contributed by atoms with Crippen LogP contribution < -0.4 is 9.47 Å². The summed E-state index contributed by atoms with van der Waals surface area (Å²) >= 11 is 1.81. The maximum atomic E-state index is 5.95. The summed E-state index contributed by atoms with van der Waals surface area (Å²) in [6.07, 6.45) is 4.92. The molecule has 124 valence electrons. The highest BCUT2D eigenvalue weighted by atomic mass is 32.1. The summed E-state index contributed by atoms with van der Waals surface area (Å²) in [4.78, 5) is 0. The van der Waals surface area contributed by atoms with Crippen LogP contribution in [-0.4, -0.2) is 6.61 Å². The highest BCUT2D eigenvalue weighted by Crippen LogP contribution is 2.42. The second kappa shape index (κ2) is 7.15. The first-order valence-corrected chi connectivity index (χ1v) is 9.15. The number of hydrogen-bond donors (Lipinski definition) is 0. The fourth-order valence-corrected chi connectivity index (χ4v) is 4.12. The molecule has 3 aromatic rings. The standard InChI is InChI=1S/C21H22O2S/c1-5-7-13-23-19-11-9-17-16-8-10-18(22-12-6-2)14(3)20(16)24-21(17)15(19)4/h8-11H,5,7,13H2,1-4H3. The molecular formula is C21H22O2S. The molecule has 0 atom stereocenters. The Morgan fingerprint density at radius 3 is 2.21 bits per heavy atom. The predicted octanol–water partition coefficient (Wildman–Crippen LogP) is 6.21. The van der Waals surface area contributed by atoms with Crippen LogP contribution in [0.2, 0.25) is 0 Å². The van der Waals surface area contributed by atoms with Gasteiger partial charge in [-0.3, -0.25) is 0 Å². The van der Waals surface area contributed by atoms with Crippen molar-refractivity contribution < 1.29 is 9.47 Å². The van der Waals surface area contributed by atoms with Crippen LogP contribution in [0.5, 0.6) is 11.5 Å². The van der Waals surface area contributed by atoms with E-state index in [-0.39, 0.29) is 0 Å². The Labute approximate surface area is 147 Å². The minimum absolute atomic E-state index is 0.778. The quantitative estimate of drug-likeness (QED) is 0.407. The molecule has 0 N–H and O–H groups in total. The van der Waals surface area contributed by atoms with Crippen molar-refractivity contribution in [3.8, 4) is 23.5 Å². The van der Waals surface area contributed by atoms with Crippen LogP contribution in [0.4, 0.5) is 0 Å². The lowest BCUT2D eigenvalue weighted by Crippen LogP contribution is -1.97. The number of aryl methyl sites for hydroxylation is 2. The van der Waals surface area contributed by atoms with Gasteiger partial charge in [0.1, 0.15) is 17.6 Å². The number of hydrogen-bond acceptors (Lipinski definition) is 3. The van der Waals surface area contributed by atoms with Crippen LogP contribution in [0.1, 0.15) is 37.8 Å². The smallest absolute Gasteiger partial charge is 0.144 e. The number of benzene rings is 2. The lowest BCUT2D eigenvalue weighted by atomic mass is 10.1. The van der Waals surface area contributed by atoms with E-state index in [9.17, 15) is 0 Å². The van der Waals surface area contributed by atoms with E-state index < -0.39 is 0 Å². The Hall–Kier alpha value is -2.18. The van der Waals surface area contributed by atoms with Gasteiger partial charge in [0.25, 0.3) is 0 Å². The van der Waals surface area contributed by atoms with Crippen molar-refractivity contribution in [1.29, 1.82) is 0 Å². The van der Waals surface area contributed by atoms with Crippen LogP contribution in [0, 0.1) is 25.9 Å².